The Hall–Kier alpha value is -2.43. The third-order valence-electron chi connectivity index (χ3n) is 5.58. The SMILES string of the molecule is CC1CC(OC(=O)c2c3ccccc3cc3ccccc23)CC(C)(C)N1[O]. The zero-order valence-corrected chi connectivity index (χ0v) is 15.9. The summed E-state index contributed by atoms with van der Waals surface area (Å²) < 4.78 is 5.94. The van der Waals surface area contributed by atoms with E-state index >= 15 is 0 Å². The molecular formula is C23H24NO3. The van der Waals surface area contributed by atoms with Crippen LogP contribution >= 0.6 is 0 Å². The van der Waals surface area contributed by atoms with E-state index in [-0.39, 0.29) is 18.1 Å². The van der Waals surface area contributed by atoms with Gasteiger partial charge in [-0.3, -0.25) is 0 Å². The smallest absolute Gasteiger partial charge is 0.339 e. The normalized spacial score (nSPS) is 22.8. The van der Waals surface area contributed by atoms with Gasteiger partial charge < -0.3 is 4.74 Å². The number of rotatable bonds is 2. The van der Waals surface area contributed by atoms with Gasteiger partial charge in [-0.05, 0) is 48.4 Å². The number of piperidine rings is 1. The molecule has 0 spiro atoms. The average molecular weight is 362 g/mol. The molecule has 3 aromatic rings. The Morgan fingerprint density at radius 1 is 1.04 bits per heavy atom. The Kier molecular flexibility index (Phi) is 4.41. The fraction of sp³-hybridized carbons (Fsp3) is 0.348. The summed E-state index contributed by atoms with van der Waals surface area (Å²) >= 11 is 0. The predicted octanol–water partition coefficient (Wildman–Crippen LogP) is 5.13. The number of benzene rings is 3. The molecule has 1 aliphatic rings. The molecule has 0 aliphatic carbocycles. The van der Waals surface area contributed by atoms with Gasteiger partial charge in [-0.25, -0.2) is 4.79 Å². The minimum absolute atomic E-state index is 0.171. The molecule has 1 radical (unpaired) electrons. The molecule has 1 aliphatic heterocycles. The van der Waals surface area contributed by atoms with Crippen molar-refractivity contribution in [3.05, 3.63) is 60.2 Å². The average Bonchev–Trinajstić information content (AvgIpc) is 2.63. The third-order valence-corrected chi connectivity index (χ3v) is 5.58. The molecule has 0 amide bonds. The Morgan fingerprint density at radius 3 is 2.15 bits per heavy atom. The van der Waals surface area contributed by atoms with Crippen LogP contribution in [0.1, 0.15) is 44.0 Å². The molecule has 4 nitrogen and oxygen atoms in total. The van der Waals surface area contributed by atoms with Crippen molar-refractivity contribution in [2.75, 3.05) is 0 Å². The summed E-state index contributed by atoms with van der Waals surface area (Å²) in [5.74, 6) is -0.310. The molecule has 4 rings (SSSR count). The van der Waals surface area contributed by atoms with Gasteiger partial charge in [-0.2, -0.15) is 0 Å². The first-order valence-corrected chi connectivity index (χ1v) is 9.45. The highest BCUT2D eigenvalue weighted by Crippen LogP contribution is 2.34. The molecule has 3 aromatic carbocycles. The first-order chi connectivity index (χ1) is 12.9. The lowest BCUT2D eigenvalue weighted by Gasteiger charge is -2.43. The summed E-state index contributed by atoms with van der Waals surface area (Å²) in [6, 6.07) is 17.7. The lowest BCUT2D eigenvalue weighted by atomic mass is 9.87. The second-order valence-electron chi connectivity index (χ2n) is 8.15. The molecule has 1 fully saturated rings. The highest BCUT2D eigenvalue weighted by atomic mass is 16.5. The molecule has 0 N–H and O–H groups in total. The highest BCUT2D eigenvalue weighted by Gasteiger charge is 2.41. The van der Waals surface area contributed by atoms with Crippen LogP contribution in [0.5, 0.6) is 0 Å². The maximum Gasteiger partial charge on any atom is 0.339 e. The van der Waals surface area contributed by atoms with E-state index in [2.05, 4.69) is 6.07 Å². The van der Waals surface area contributed by atoms with E-state index in [9.17, 15) is 10.0 Å². The van der Waals surface area contributed by atoms with E-state index in [1.54, 1.807) is 0 Å². The lowest BCUT2D eigenvalue weighted by Crippen LogP contribution is -2.54. The van der Waals surface area contributed by atoms with Crippen molar-refractivity contribution in [1.29, 1.82) is 0 Å². The van der Waals surface area contributed by atoms with E-state index in [1.165, 1.54) is 0 Å². The molecule has 1 heterocycles. The number of hydroxylamine groups is 2. The molecule has 0 aromatic heterocycles. The summed E-state index contributed by atoms with van der Waals surface area (Å²) in [5.41, 5.74) is 0.0717. The number of hydrogen-bond donors (Lipinski definition) is 0. The quantitative estimate of drug-likeness (QED) is 0.469. The van der Waals surface area contributed by atoms with E-state index in [4.69, 9.17) is 4.74 Å². The number of nitrogens with zero attached hydrogens (tertiary/aromatic N) is 1. The highest BCUT2D eigenvalue weighted by molar-refractivity contribution is 6.16. The Labute approximate surface area is 159 Å². The molecular weight excluding hydrogens is 338 g/mol. The van der Waals surface area contributed by atoms with Crippen molar-refractivity contribution < 1.29 is 14.7 Å². The zero-order chi connectivity index (χ0) is 19.2. The van der Waals surface area contributed by atoms with Crippen molar-refractivity contribution in [2.45, 2.75) is 51.3 Å². The van der Waals surface area contributed by atoms with Gasteiger partial charge in [0, 0.05) is 24.4 Å². The van der Waals surface area contributed by atoms with E-state index in [0.717, 1.165) is 26.6 Å². The Bertz CT molecular complexity index is 957. The summed E-state index contributed by atoms with van der Waals surface area (Å²) in [5, 5.41) is 17.2. The fourth-order valence-corrected chi connectivity index (χ4v) is 4.34. The van der Waals surface area contributed by atoms with Gasteiger partial charge in [-0.15, -0.1) is 10.3 Å². The predicted molar refractivity (Wildman–Crippen MR) is 106 cm³/mol. The van der Waals surface area contributed by atoms with Gasteiger partial charge in [0.1, 0.15) is 6.10 Å². The first-order valence-electron chi connectivity index (χ1n) is 9.45. The number of esters is 1. The Balaban J connectivity index is 1.74. The lowest BCUT2D eigenvalue weighted by molar-refractivity contribution is -0.267. The van der Waals surface area contributed by atoms with Gasteiger partial charge in [0.25, 0.3) is 0 Å². The molecule has 27 heavy (non-hydrogen) atoms. The molecule has 139 valence electrons. The van der Waals surface area contributed by atoms with Gasteiger partial charge in [-0.1, -0.05) is 48.5 Å². The summed E-state index contributed by atoms with van der Waals surface area (Å²) in [6.07, 6.45) is 0.835. The van der Waals surface area contributed by atoms with Crippen LogP contribution in [0.15, 0.2) is 54.6 Å². The third kappa shape index (κ3) is 3.20. The summed E-state index contributed by atoms with van der Waals surface area (Å²) in [4.78, 5) is 13.2. The van der Waals surface area contributed by atoms with Crippen molar-refractivity contribution in [3.8, 4) is 0 Å². The first kappa shape index (κ1) is 18.0. The summed E-state index contributed by atoms with van der Waals surface area (Å²) in [6.45, 7) is 5.70. The van der Waals surface area contributed by atoms with E-state index in [1.807, 2.05) is 69.3 Å². The largest absolute Gasteiger partial charge is 0.459 e. The van der Waals surface area contributed by atoms with Crippen molar-refractivity contribution in [3.63, 3.8) is 0 Å². The maximum atomic E-state index is 13.2. The van der Waals surface area contributed by atoms with Crippen molar-refractivity contribution in [2.24, 2.45) is 0 Å². The monoisotopic (exact) mass is 362 g/mol. The second-order valence-corrected chi connectivity index (χ2v) is 8.15. The Morgan fingerprint density at radius 2 is 1.59 bits per heavy atom. The number of ether oxygens (including phenoxy) is 1. The number of carbonyl (C=O) groups is 1. The standard InChI is InChI=1S/C23H24NO3/c1-15-12-18(14-23(2,3)24(15)26)27-22(25)21-19-10-6-4-8-16(19)13-17-9-5-7-11-20(17)21/h4-11,13,15,18H,12,14H2,1-3H3. The van der Waals surface area contributed by atoms with Crippen LogP contribution in [-0.2, 0) is 9.94 Å². The van der Waals surface area contributed by atoms with Gasteiger partial charge in [0.15, 0.2) is 0 Å². The van der Waals surface area contributed by atoms with Crippen LogP contribution in [0.3, 0.4) is 0 Å². The molecule has 4 heteroatoms. The van der Waals surface area contributed by atoms with Crippen LogP contribution in [0.25, 0.3) is 21.5 Å². The van der Waals surface area contributed by atoms with Crippen molar-refractivity contribution >= 4 is 27.5 Å². The number of fused-ring (bicyclic) bond motifs is 2. The minimum Gasteiger partial charge on any atom is -0.459 e. The fourth-order valence-electron chi connectivity index (χ4n) is 4.34. The maximum absolute atomic E-state index is 13.2. The van der Waals surface area contributed by atoms with Crippen molar-refractivity contribution in [1.82, 2.24) is 5.06 Å². The van der Waals surface area contributed by atoms with Crippen LogP contribution in [0, 0.1) is 0 Å². The van der Waals surface area contributed by atoms with Crippen LogP contribution < -0.4 is 0 Å². The molecule has 0 saturated carbocycles. The molecule has 0 bridgehead atoms. The van der Waals surface area contributed by atoms with E-state index in [0.29, 0.717) is 18.4 Å². The topological polar surface area (TPSA) is 49.4 Å². The van der Waals surface area contributed by atoms with Gasteiger partial charge >= 0.3 is 5.97 Å². The molecule has 2 unspecified atom stereocenters. The van der Waals surface area contributed by atoms with Gasteiger partial charge in [0.05, 0.1) is 5.56 Å². The molecule has 2 atom stereocenters. The number of carbonyl (C=O) groups excluding carboxylic acids is 1. The van der Waals surface area contributed by atoms with Gasteiger partial charge in [0.2, 0.25) is 0 Å². The van der Waals surface area contributed by atoms with Crippen LogP contribution in [-0.4, -0.2) is 28.7 Å². The number of hydrogen-bond acceptors (Lipinski definition) is 3. The second kappa shape index (κ2) is 6.63. The van der Waals surface area contributed by atoms with Crippen LogP contribution in [0.4, 0.5) is 0 Å². The zero-order valence-electron chi connectivity index (χ0n) is 15.9. The van der Waals surface area contributed by atoms with E-state index < -0.39 is 5.54 Å². The minimum atomic E-state index is -0.538. The summed E-state index contributed by atoms with van der Waals surface area (Å²) in [7, 11) is 0. The van der Waals surface area contributed by atoms with Crippen LogP contribution in [0.2, 0.25) is 0 Å². The molecule has 1 saturated heterocycles.